The van der Waals surface area contributed by atoms with Crippen LogP contribution in [-0.2, 0) is 6.18 Å². The molecule has 0 heterocycles. The highest BCUT2D eigenvalue weighted by atomic mass is 19.4. The molecular weight excluding hydrogens is 267 g/mol. The predicted octanol–water partition coefficient (Wildman–Crippen LogP) is 4.00. The quantitative estimate of drug-likeness (QED) is 0.855. The van der Waals surface area contributed by atoms with E-state index in [0.717, 1.165) is 17.7 Å². The molecule has 106 valence electrons. The molecule has 0 aromatic heterocycles. The van der Waals surface area contributed by atoms with E-state index in [0.29, 0.717) is 5.75 Å². The van der Waals surface area contributed by atoms with Gasteiger partial charge in [-0.15, -0.1) is 0 Å². The number of rotatable bonds is 4. The van der Waals surface area contributed by atoms with Gasteiger partial charge < -0.3 is 4.74 Å². The van der Waals surface area contributed by atoms with Gasteiger partial charge in [-0.05, 0) is 31.3 Å². The van der Waals surface area contributed by atoms with Crippen LogP contribution in [0.25, 0.3) is 0 Å². The topological polar surface area (TPSA) is 21.3 Å². The van der Waals surface area contributed by atoms with E-state index in [1.807, 2.05) is 30.3 Å². The molecule has 1 N–H and O–H groups in total. The first-order chi connectivity index (χ1) is 9.50. The molecule has 1 atom stereocenters. The van der Waals surface area contributed by atoms with Crippen LogP contribution in [0.1, 0.15) is 17.4 Å². The normalized spacial score (nSPS) is 13.0. The van der Waals surface area contributed by atoms with Crippen LogP contribution < -0.4 is 10.1 Å². The van der Waals surface area contributed by atoms with Crippen LogP contribution in [0.15, 0.2) is 54.6 Å². The summed E-state index contributed by atoms with van der Waals surface area (Å²) in [5.41, 5.74) is 0.209. The monoisotopic (exact) mass is 281 g/mol. The Labute approximate surface area is 115 Å². The fourth-order valence-corrected chi connectivity index (χ4v) is 1.78. The minimum Gasteiger partial charge on any atom is -0.471 e. The summed E-state index contributed by atoms with van der Waals surface area (Å²) in [4.78, 5) is 0. The molecule has 20 heavy (non-hydrogen) atoms. The van der Waals surface area contributed by atoms with Crippen molar-refractivity contribution in [3.05, 3.63) is 65.7 Å². The number of halogens is 3. The van der Waals surface area contributed by atoms with Crippen LogP contribution in [0, 0.1) is 0 Å². The van der Waals surface area contributed by atoms with E-state index < -0.39 is 18.0 Å². The van der Waals surface area contributed by atoms with E-state index in [4.69, 9.17) is 4.74 Å². The van der Waals surface area contributed by atoms with E-state index >= 15 is 0 Å². The van der Waals surface area contributed by atoms with Crippen LogP contribution in [0.4, 0.5) is 13.2 Å². The van der Waals surface area contributed by atoms with Crippen LogP contribution in [0.3, 0.4) is 0 Å². The maximum absolute atomic E-state index is 12.5. The Morgan fingerprint density at radius 2 is 1.55 bits per heavy atom. The molecule has 2 aromatic carbocycles. The van der Waals surface area contributed by atoms with Crippen LogP contribution in [-0.4, -0.2) is 7.05 Å². The van der Waals surface area contributed by atoms with Crippen molar-refractivity contribution < 1.29 is 17.9 Å². The zero-order valence-electron chi connectivity index (χ0n) is 10.8. The first kappa shape index (κ1) is 14.4. The van der Waals surface area contributed by atoms with Crippen LogP contribution in [0.2, 0.25) is 0 Å². The van der Waals surface area contributed by atoms with Gasteiger partial charge in [0.15, 0.2) is 6.23 Å². The minimum absolute atomic E-state index is 0.376. The molecule has 0 unspecified atom stereocenters. The Hall–Kier alpha value is -2.01. The Kier molecular flexibility index (Phi) is 4.29. The summed E-state index contributed by atoms with van der Waals surface area (Å²) < 4.78 is 43.0. The lowest BCUT2D eigenvalue weighted by Crippen LogP contribution is -2.22. The molecule has 2 rings (SSSR count). The van der Waals surface area contributed by atoms with Crippen molar-refractivity contribution in [1.82, 2.24) is 5.32 Å². The lowest BCUT2D eigenvalue weighted by molar-refractivity contribution is -0.137. The number of ether oxygens (including phenoxy) is 1. The summed E-state index contributed by atoms with van der Waals surface area (Å²) in [6, 6.07) is 14.0. The van der Waals surface area contributed by atoms with Gasteiger partial charge in [0, 0.05) is 5.56 Å². The highest BCUT2D eigenvalue weighted by Gasteiger charge is 2.30. The van der Waals surface area contributed by atoms with Crippen molar-refractivity contribution in [3.63, 3.8) is 0 Å². The molecule has 2 aromatic rings. The van der Waals surface area contributed by atoms with Crippen molar-refractivity contribution in [2.24, 2.45) is 0 Å². The average Bonchev–Trinajstić information content (AvgIpc) is 2.45. The predicted molar refractivity (Wildman–Crippen MR) is 70.3 cm³/mol. The summed E-state index contributed by atoms with van der Waals surface area (Å²) in [5.74, 6) is 0.376. The maximum atomic E-state index is 12.5. The SMILES string of the molecule is CN[C@@H](Oc1ccc(C(F)(F)F)cc1)c1ccccc1. The Morgan fingerprint density at radius 1 is 0.950 bits per heavy atom. The zero-order chi connectivity index (χ0) is 14.6. The Balaban J connectivity index is 2.13. The molecule has 0 amide bonds. The van der Waals surface area contributed by atoms with Gasteiger partial charge in [-0.1, -0.05) is 30.3 Å². The Morgan fingerprint density at radius 3 is 2.05 bits per heavy atom. The fraction of sp³-hybridized carbons (Fsp3) is 0.200. The van der Waals surface area contributed by atoms with Crippen LogP contribution in [0.5, 0.6) is 5.75 Å². The van der Waals surface area contributed by atoms with Gasteiger partial charge in [-0.25, -0.2) is 0 Å². The lowest BCUT2D eigenvalue weighted by atomic mass is 10.2. The number of hydrogen-bond acceptors (Lipinski definition) is 2. The van der Waals surface area contributed by atoms with E-state index in [1.165, 1.54) is 12.1 Å². The molecule has 2 nitrogen and oxygen atoms in total. The molecule has 0 saturated heterocycles. The largest absolute Gasteiger partial charge is 0.471 e. The molecule has 0 radical (unpaired) electrons. The van der Waals surface area contributed by atoms with E-state index in [1.54, 1.807) is 7.05 Å². The smallest absolute Gasteiger partial charge is 0.416 e. The summed E-state index contributed by atoms with van der Waals surface area (Å²) in [5, 5.41) is 2.97. The molecule has 0 aliphatic heterocycles. The first-order valence-electron chi connectivity index (χ1n) is 6.07. The third kappa shape index (κ3) is 3.51. The number of hydrogen-bond donors (Lipinski definition) is 1. The second-order valence-electron chi connectivity index (χ2n) is 4.22. The molecule has 0 aliphatic rings. The standard InChI is InChI=1S/C15H14F3NO/c1-19-14(11-5-3-2-4-6-11)20-13-9-7-12(8-10-13)15(16,17)18/h2-10,14,19H,1H3/t14-/m0/s1. The number of alkyl halides is 3. The minimum atomic E-state index is -4.33. The van der Waals surface area contributed by atoms with E-state index in [9.17, 15) is 13.2 Å². The average molecular weight is 281 g/mol. The highest BCUT2D eigenvalue weighted by Crippen LogP contribution is 2.31. The van der Waals surface area contributed by atoms with Crippen molar-refractivity contribution in [3.8, 4) is 5.75 Å². The highest BCUT2D eigenvalue weighted by molar-refractivity contribution is 5.30. The molecule has 0 spiro atoms. The summed E-state index contributed by atoms with van der Waals surface area (Å²) in [6.45, 7) is 0. The summed E-state index contributed by atoms with van der Waals surface area (Å²) in [7, 11) is 1.72. The van der Waals surface area contributed by atoms with Gasteiger partial charge in [0.2, 0.25) is 0 Å². The van der Waals surface area contributed by atoms with Crippen molar-refractivity contribution in [1.29, 1.82) is 0 Å². The first-order valence-corrected chi connectivity index (χ1v) is 6.07. The van der Waals surface area contributed by atoms with Gasteiger partial charge in [0.1, 0.15) is 5.75 Å². The number of benzene rings is 2. The molecule has 0 saturated carbocycles. The molecule has 0 bridgehead atoms. The van der Waals surface area contributed by atoms with Gasteiger partial charge in [-0.2, -0.15) is 13.2 Å². The van der Waals surface area contributed by atoms with Gasteiger partial charge in [0.05, 0.1) is 5.56 Å². The van der Waals surface area contributed by atoms with Gasteiger partial charge in [0.25, 0.3) is 0 Å². The molecule has 5 heteroatoms. The number of nitrogens with one attached hydrogen (secondary N) is 1. The van der Waals surface area contributed by atoms with Gasteiger partial charge >= 0.3 is 6.18 Å². The van der Waals surface area contributed by atoms with Crippen molar-refractivity contribution >= 4 is 0 Å². The maximum Gasteiger partial charge on any atom is 0.416 e. The molecule has 0 fully saturated rings. The van der Waals surface area contributed by atoms with Crippen LogP contribution >= 0.6 is 0 Å². The van der Waals surface area contributed by atoms with E-state index in [-0.39, 0.29) is 0 Å². The third-order valence-electron chi connectivity index (χ3n) is 2.80. The Bertz CT molecular complexity index is 537. The lowest BCUT2D eigenvalue weighted by Gasteiger charge is -2.19. The van der Waals surface area contributed by atoms with E-state index in [2.05, 4.69) is 5.32 Å². The van der Waals surface area contributed by atoms with Crippen molar-refractivity contribution in [2.45, 2.75) is 12.4 Å². The second-order valence-corrected chi connectivity index (χ2v) is 4.22. The summed E-state index contributed by atoms with van der Waals surface area (Å²) >= 11 is 0. The summed E-state index contributed by atoms with van der Waals surface area (Å²) in [6.07, 6.45) is -4.74. The fourth-order valence-electron chi connectivity index (χ4n) is 1.78. The zero-order valence-corrected chi connectivity index (χ0v) is 10.8. The van der Waals surface area contributed by atoms with Gasteiger partial charge in [-0.3, -0.25) is 5.32 Å². The molecule has 0 aliphatic carbocycles. The third-order valence-corrected chi connectivity index (χ3v) is 2.80. The molecular formula is C15H14F3NO. The van der Waals surface area contributed by atoms with Crippen molar-refractivity contribution in [2.75, 3.05) is 7.05 Å². The second kappa shape index (κ2) is 5.96.